The van der Waals surface area contributed by atoms with Crippen molar-refractivity contribution >= 4 is 33.5 Å². The third kappa shape index (κ3) is 4.01. The number of nitrogens with zero attached hydrogens (tertiary/aromatic N) is 2. The zero-order chi connectivity index (χ0) is 15.2. The predicted molar refractivity (Wildman–Crippen MR) is 87.6 cm³/mol. The highest BCUT2D eigenvalue weighted by Gasteiger charge is 2.13. The van der Waals surface area contributed by atoms with Crippen LogP contribution in [0.5, 0.6) is 0 Å². The quantitative estimate of drug-likeness (QED) is 0.865. The number of aromatic nitrogens is 2. The van der Waals surface area contributed by atoms with Crippen LogP contribution in [0.15, 0.2) is 35.1 Å². The Labute approximate surface area is 132 Å². The molecule has 2 N–H and O–H groups in total. The van der Waals surface area contributed by atoms with Gasteiger partial charge in [0.25, 0.3) is 5.91 Å². The second kappa shape index (κ2) is 7.17. The number of anilines is 2. The van der Waals surface area contributed by atoms with E-state index < -0.39 is 0 Å². The van der Waals surface area contributed by atoms with Crippen LogP contribution in [0.25, 0.3) is 0 Å². The standard InChI is InChI=1S/C15H17BrN4O/c1-3-6-17-14-11(5-4-7-18-14)15(21)20-13-8-10(2)12(16)9-19-13/h4-5,7-9H,3,6H2,1-2H3,(H,17,18)(H,19,20,21). The van der Waals surface area contributed by atoms with Crippen molar-refractivity contribution in [3.8, 4) is 0 Å². The Balaban J connectivity index is 2.18. The maximum Gasteiger partial charge on any atom is 0.260 e. The number of hydrogen-bond donors (Lipinski definition) is 2. The number of amides is 1. The number of pyridine rings is 2. The second-order valence-electron chi connectivity index (χ2n) is 4.60. The molecule has 0 bridgehead atoms. The highest BCUT2D eigenvalue weighted by molar-refractivity contribution is 9.10. The average Bonchev–Trinajstić information content (AvgIpc) is 2.49. The summed E-state index contributed by atoms with van der Waals surface area (Å²) >= 11 is 3.39. The number of halogens is 1. The molecule has 110 valence electrons. The topological polar surface area (TPSA) is 66.9 Å². The predicted octanol–water partition coefficient (Wildman–Crippen LogP) is 3.62. The van der Waals surface area contributed by atoms with Gasteiger partial charge in [0.1, 0.15) is 11.6 Å². The summed E-state index contributed by atoms with van der Waals surface area (Å²) in [5.41, 5.74) is 1.52. The fourth-order valence-electron chi connectivity index (χ4n) is 1.76. The molecule has 0 aliphatic heterocycles. The van der Waals surface area contributed by atoms with Crippen LogP contribution in [0.1, 0.15) is 29.3 Å². The van der Waals surface area contributed by atoms with E-state index in [-0.39, 0.29) is 5.91 Å². The van der Waals surface area contributed by atoms with Crippen LogP contribution in [-0.4, -0.2) is 22.4 Å². The molecule has 2 rings (SSSR count). The molecule has 0 spiro atoms. The van der Waals surface area contributed by atoms with Gasteiger partial charge in [-0.25, -0.2) is 9.97 Å². The van der Waals surface area contributed by atoms with Gasteiger partial charge >= 0.3 is 0 Å². The Bertz CT molecular complexity index is 645. The highest BCUT2D eigenvalue weighted by atomic mass is 79.9. The summed E-state index contributed by atoms with van der Waals surface area (Å²) in [6.45, 7) is 4.77. The lowest BCUT2D eigenvalue weighted by Crippen LogP contribution is -2.16. The summed E-state index contributed by atoms with van der Waals surface area (Å²) in [4.78, 5) is 20.7. The molecule has 5 nitrogen and oxygen atoms in total. The molecule has 0 saturated heterocycles. The summed E-state index contributed by atoms with van der Waals surface area (Å²) in [5, 5.41) is 5.94. The van der Waals surface area contributed by atoms with Gasteiger partial charge in [0, 0.05) is 23.4 Å². The molecule has 0 saturated carbocycles. The molecule has 21 heavy (non-hydrogen) atoms. The summed E-state index contributed by atoms with van der Waals surface area (Å²) in [6.07, 6.45) is 4.30. The van der Waals surface area contributed by atoms with E-state index >= 15 is 0 Å². The zero-order valence-corrected chi connectivity index (χ0v) is 13.6. The summed E-state index contributed by atoms with van der Waals surface area (Å²) in [5.74, 6) is 0.882. The lowest BCUT2D eigenvalue weighted by Gasteiger charge is -2.10. The summed E-state index contributed by atoms with van der Waals surface area (Å²) in [7, 11) is 0. The van der Waals surface area contributed by atoms with Crippen LogP contribution in [0.4, 0.5) is 11.6 Å². The minimum Gasteiger partial charge on any atom is -0.369 e. The van der Waals surface area contributed by atoms with Gasteiger partial charge in [0.15, 0.2) is 0 Å². The fraction of sp³-hybridized carbons (Fsp3) is 0.267. The Morgan fingerprint density at radius 2 is 2.19 bits per heavy atom. The third-order valence-corrected chi connectivity index (χ3v) is 3.71. The average molecular weight is 349 g/mol. The number of carbonyl (C=O) groups is 1. The van der Waals surface area contributed by atoms with Crippen LogP contribution in [0.3, 0.4) is 0 Å². The molecular weight excluding hydrogens is 332 g/mol. The SMILES string of the molecule is CCCNc1ncccc1C(=O)Nc1cc(C)c(Br)cn1. The Morgan fingerprint density at radius 3 is 2.90 bits per heavy atom. The van der Waals surface area contributed by atoms with Crippen molar-refractivity contribution in [1.82, 2.24) is 9.97 Å². The van der Waals surface area contributed by atoms with Gasteiger partial charge in [-0.15, -0.1) is 0 Å². The number of rotatable bonds is 5. The van der Waals surface area contributed by atoms with Crippen LogP contribution in [0, 0.1) is 6.92 Å². The van der Waals surface area contributed by atoms with Crippen molar-refractivity contribution < 1.29 is 4.79 Å². The van der Waals surface area contributed by atoms with Crippen LogP contribution >= 0.6 is 15.9 Å². The van der Waals surface area contributed by atoms with Gasteiger partial charge in [-0.3, -0.25) is 4.79 Å². The van der Waals surface area contributed by atoms with Gasteiger partial charge in [0.05, 0.1) is 5.56 Å². The Hall–Kier alpha value is -1.95. The van der Waals surface area contributed by atoms with Gasteiger partial charge < -0.3 is 10.6 Å². The first-order valence-electron chi connectivity index (χ1n) is 6.74. The molecular formula is C15H17BrN4O. The van der Waals surface area contributed by atoms with Crippen molar-refractivity contribution in [1.29, 1.82) is 0 Å². The maximum absolute atomic E-state index is 12.4. The second-order valence-corrected chi connectivity index (χ2v) is 5.45. The number of nitrogens with one attached hydrogen (secondary N) is 2. The lowest BCUT2D eigenvalue weighted by atomic mass is 10.2. The molecule has 0 aliphatic carbocycles. The fourth-order valence-corrected chi connectivity index (χ4v) is 1.98. The maximum atomic E-state index is 12.4. The molecule has 2 aromatic heterocycles. The monoisotopic (exact) mass is 348 g/mol. The number of hydrogen-bond acceptors (Lipinski definition) is 4. The van der Waals surface area contributed by atoms with Crippen LogP contribution in [-0.2, 0) is 0 Å². The van der Waals surface area contributed by atoms with Gasteiger partial charge in [0.2, 0.25) is 0 Å². The minimum absolute atomic E-state index is 0.226. The van der Waals surface area contributed by atoms with E-state index in [9.17, 15) is 4.79 Å². The molecule has 1 amide bonds. The molecule has 0 aliphatic rings. The molecule has 0 aromatic carbocycles. The van der Waals surface area contributed by atoms with Crippen molar-refractivity contribution in [2.75, 3.05) is 17.2 Å². The van der Waals surface area contributed by atoms with Crippen molar-refractivity contribution in [2.45, 2.75) is 20.3 Å². The van der Waals surface area contributed by atoms with Crippen molar-refractivity contribution in [3.05, 3.63) is 46.2 Å². The Morgan fingerprint density at radius 1 is 1.38 bits per heavy atom. The number of carbonyl (C=O) groups excluding carboxylic acids is 1. The molecule has 2 aromatic rings. The Kier molecular flexibility index (Phi) is 5.27. The van der Waals surface area contributed by atoms with E-state index in [1.807, 2.05) is 13.0 Å². The smallest absolute Gasteiger partial charge is 0.260 e. The van der Waals surface area contributed by atoms with E-state index in [0.717, 1.165) is 23.0 Å². The normalized spacial score (nSPS) is 10.2. The van der Waals surface area contributed by atoms with Gasteiger partial charge in [-0.1, -0.05) is 6.92 Å². The van der Waals surface area contributed by atoms with Crippen molar-refractivity contribution in [3.63, 3.8) is 0 Å². The molecule has 0 atom stereocenters. The van der Waals surface area contributed by atoms with E-state index in [4.69, 9.17) is 0 Å². The zero-order valence-electron chi connectivity index (χ0n) is 12.0. The minimum atomic E-state index is -0.226. The first-order chi connectivity index (χ1) is 10.1. The third-order valence-electron chi connectivity index (χ3n) is 2.88. The number of aryl methyl sites for hydroxylation is 1. The first-order valence-corrected chi connectivity index (χ1v) is 7.53. The van der Waals surface area contributed by atoms with Crippen LogP contribution < -0.4 is 10.6 Å². The van der Waals surface area contributed by atoms with E-state index in [1.165, 1.54) is 0 Å². The van der Waals surface area contributed by atoms with Gasteiger partial charge in [-0.2, -0.15) is 0 Å². The van der Waals surface area contributed by atoms with E-state index in [0.29, 0.717) is 17.2 Å². The highest BCUT2D eigenvalue weighted by Crippen LogP contribution is 2.19. The first kappa shape index (κ1) is 15.4. The van der Waals surface area contributed by atoms with Gasteiger partial charge in [-0.05, 0) is 53.0 Å². The molecule has 6 heteroatoms. The summed E-state index contributed by atoms with van der Waals surface area (Å²) < 4.78 is 0.909. The molecule has 0 radical (unpaired) electrons. The van der Waals surface area contributed by atoms with E-state index in [1.54, 1.807) is 24.5 Å². The summed E-state index contributed by atoms with van der Waals surface area (Å²) in [6, 6.07) is 5.30. The molecule has 0 unspecified atom stereocenters. The van der Waals surface area contributed by atoms with Crippen molar-refractivity contribution in [2.24, 2.45) is 0 Å². The lowest BCUT2D eigenvalue weighted by molar-refractivity contribution is 0.102. The molecule has 0 fully saturated rings. The van der Waals surface area contributed by atoms with Crippen LogP contribution in [0.2, 0.25) is 0 Å². The molecule has 2 heterocycles. The van der Waals surface area contributed by atoms with E-state index in [2.05, 4.69) is 43.5 Å². The largest absolute Gasteiger partial charge is 0.369 e.